The number of fused-ring (bicyclic) bond motifs is 3. The minimum atomic E-state index is 0.652. The summed E-state index contributed by atoms with van der Waals surface area (Å²) >= 11 is 0. The molecule has 5 rings (SSSR count). The van der Waals surface area contributed by atoms with Crippen LogP contribution in [0.15, 0.2) is 53.5 Å². The fourth-order valence-corrected chi connectivity index (χ4v) is 4.01. The van der Waals surface area contributed by atoms with Crippen LogP contribution in [0, 0.1) is 5.21 Å². The number of nitrogens with zero attached hydrogens (tertiary/aromatic N) is 4. The zero-order valence-electron chi connectivity index (χ0n) is 14.1. The Morgan fingerprint density at radius 1 is 0.960 bits per heavy atom. The maximum Gasteiger partial charge on any atom is 0.267 e. The molecule has 0 saturated carbocycles. The van der Waals surface area contributed by atoms with E-state index in [2.05, 4.69) is 26.9 Å². The first-order valence-corrected chi connectivity index (χ1v) is 8.94. The minimum Gasteiger partial charge on any atom is -0.618 e. The Labute approximate surface area is 147 Å². The van der Waals surface area contributed by atoms with E-state index in [1.54, 1.807) is 0 Å². The van der Waals surface area contributed by atoms with Crippen molar-refractivity contribution in [1.82, 2.24) is 0 Å². The van der Waals surface area contributed by atoms with Crippen LogP contribution in [0.25, 0.3) is 0 Å². The largest absolute Gasteiger partial charge is 0.618 e. The smallest absolute Gasteiger partial charge is 0.267 e. The lowest BCUT2D eigenvalue weighted by molar-refractivity contribution is -0.358. The Bertz CT molecular complexity index is 882. The van der Waals surface area contributed by atoms with Gasteiger partial charge in [0.05, 0.1) is 12.1 Å². The third kappa shape index (κ3) is 2.22. The summed E-state index contributed by atoms with van der Waals surface area (Å²) in [6.07, 6.45) is 2.49. The van der Waals surface area contributed by atoms with Gasteiger partial charge < -0.3 is 15.0 Å². The molecule has 0 amide bonds. The fourth-order valence-electron chi connectivity index (χ4n) is 4.01. The molecular formula is C20H20N4O. The van der Waals surface area contributed by atoms with E-state index in [-0.39, 0.29) is 0 Å². The number of anilines is 2. The molecule has 0 unspecified atom stereocenters. The van der Waals surface area contributed by atoms with Gasteiger partial charge in [-0.2, -0.15) is 4.74 Å². The monoisotopic (exact) mass is 332 g/mol. The molecule has 126 valence electrons. The van der Waals surface area contributed by atoms with Crippen molar-refractivity contribution in [1.29, 1.82) is 0 Å². The molecule has 1 fully saturated rings. The first-order chi connectivity index (χ1) is 12.3. The first-order valence-electron chi connectivity index (χ1n) is 8.94. The zero-order valence-corrected chi connectivity index (χ0v) is 14.1. The van der Waals surface area contributed by atoms with Gasteiger partial charge in [0.25, 0.3) is 5.71 Å². The number of hydrogen-bond acceptors (Lipinski definition) is 4. The van der Waals surface area contributed by atoms with E-state index < -0.39 is 0 Å². The van der Waals surface area contributed by atoms with Crippen molar-refractivity contribution in [2.75, 3.05) is 36.0 Å². The summed E-state index contributed by atoms with van der Waals surface area (Å²) in [5.74, 6) is 0.798. The van der Waals surface area contributed by atoms with Gasteiger partial charge in [-0.3, -0.25) is 4.99 Å². The number of benzene rings is 2. The van der Waals surface area contributed by atoms with Crippen molar-refractivity contribution >= 4 is 28.6 Å². The molecule has 0 N–H and O–H groups in total. The lowest BCUT2D eigenvalue weighted by Crippen LogP contribution is -2.41. The molecule has 0 bridgehead atoms. The van der Waals surface area contributed by atoms with Crippen LogP contribution in [0.1, 0.15) is 18.4 Å². The molecule has 5 nitrogen and oxygen atoms in total. The summed E-state index contributed by atoms with van der Waals surface area (Å²) in [6, 6.07) is 16.0. The van der Waals surface area contributed by atoms with Gasteiger partial charge in [-0.15, -0.1) is 0 Å². The van der Waals surface area contributed by atoms with Crippen LogP contribution in [0.5, 0.6) is 0 Å². The molecule has 1 saturated heterocycles. The van der Waals surface area contributed by atoms with Gasteiger partial charge in [0.1, 0.15) is 5.69 Å². The molecule has 0 aliphatic carbocycles. The van der Waals surface area contributed by atoms with E-state index in [4.69, 9.17) is 0 Å². The maximum absolute atomic E-state index is 13.2. The minimum absolute atomic E-state index is 0.652. The predicted molar refractivity (Wildman–Crippen MR) is 101 cm³/mol. The van der Waals surface area contributed by atoms with Gasteiger partial charge in [-0.05, 0) is 37.1 Å². The normalized spacial score (nSPS) is 19.1. The highest BCUT2D eigenvalue weighted by atomic mass is 16.5. The van der Waals surface area contributed by atoms with Crippen molar-refractivity contribution in [3.63, 3.8) is 0 Å². The van der Waals surface area contributed by atoms with E-state index in [0.717, 1.165) is 48.0 Å². The summed E-state index contributed by atoms with van der Waals surface area (Å²) in [7, 11) is 0. The van der Waals surface area contributed by atoms with Crippen LogP contribution in [0.2, 0.25) is 0 Å². The lowest BCUT2D eigenvalue weighted by atomic mass is 10.0. The average Bonchev–Trinajstić information content (AvgIpc) is 3.34. The van der Waals surface area contributed by atoms with Crippen LogP contribution in [0.3, 0.4) is 0 Å². The third-order valence-corrected chi connectivity index (χ3v) is 5.24. The maximum atomic E-state index is 13.2. The summed E-state index contributed by atoms with van der Waals surface area (Å²) < 4.78 is 1.05. The van der Waals surface area contributed by atoms with Gasteiger partial charge in [-0.25, -0.2) is 0 Å². The van der Waals surface area contributed by atoms with Crippen molar-refractivity contribution in [3.05, 3.63) is 59.3 Å². The highest BCUT2D eigenvalue weighted by Crippen LogP contribution is 2.38. The molecule has 0 atom stereocenters. The lowest BCUT2D eigenvalue weighted by Gasteiger charge is -2.29. The second-order valence-electron chi connectivity index (χ2n) is 6.73. The summed E-state index contributed by atoms with van der Waals surface area (Å²) in [5, 5.41) is 13.2. The fraction of sp³-hybridized carbons (Fsp3) is 0.300. The molecule has 2 aromatic rings. The zero-order chi connectivity index (χ0) is 16.8. The van der Waals surface area contributed by atoms with Crippen molar-refractivity contribution in [3.8, 4) is 0 Å². The summed E-state index contributed by atoms with van der Waals surface area (Å²) in [5.41, 5.74) is 4.47. The third-order valence-electron chi connectivity index (χ3n) is 5.24. The van der Waals surface area contributed by atoms with E-state index in [1.165, 1.54) is 18.5 Å². The van der Waals surface area contributed by atoms with E-state index in [1.807, 2.05) is 36.4 Å². The number of amidine groups is 1. The molecule has 0 radical (unpaired) electrons. The Hall–Kier alpha value is -2.82. The molecule has 25 heavy (non-hydrogen) atoms. The molecule has 0 spiro atoms. The Kier molecular flexibility index (Phi) is 3.26. The van der Waals surface area contributed by atoms with Crippen molar-refractivity contribution in [2.45, 2.75) is 12.8 Å². The van der Waals surface area contributed by atoms with Crippen molar-refractivity contribution < 1.29 is 4.74 Å². The quantitative estimate of drug-likeness (QED) is 0.627. The van der Waals surface area contributed by atoms with E-state index in [9.17, 15) is 5.21 Å². The second kappa shape index (κ2) is 5.62. The van der Waals surface area contributed by atoms with Gasteiger partial charge in [0.15, 0.2) is 0 Å². The second-order valence-corrected chi connectivity index (χ2v) is 6.73. The molecule has 5 heteroatoms. The van der Waals surface area contributed by atoms with E-state index >= 15 is 0 Å². The van der Waals surface area contributed by atoms with Gasteiger partial charge in [0, 0.05) is 31.4 Å². The highest BCUT2D eigenvalue weighted by Gasteiger charge is 2.38. The number of hydrogen-bond donors (Lipinski definition) is 0. The average molecular weight is 332 g/mol. The van der Waals surface area contributed by atoms with E-state index in [0.29, 0.717) is 11.4 Å². The Morgan fingerprint density at radius 2 is 1.76 bits per heavy atom. The predicted octanol–water partition coefficient (Wildman–Crippen LogP) is 3.15. The molecule has 3 aliphatic rings. The van der Waals surface area contributed by atoms with Gasteiger partial charge in [-0.1, -0.05) is 18.2 Å². The molecule has 3 heterocycles. The molecule has 2 aromatic carbocycles. The number of aliphatic imine (C=N–C) groups is 1. The van der Waals surface area contributed by atoms with Crippen LogP contribution in [-0.4, -0.2) is 42.5 Å². The van der Waals surface area contributed by atoms with Crippen LogP contribution >= 0.6 is 0 Å². The van der Waals surface area contributed by atoms with Crippen LogP contribution in [0.4, 0.5) is 17.1 Å². The standard InChI is InChI=1S/C20H20N4O/c25-24-17-9-8-16(22-11-4-5-12-22)14-18(17)23-13-10-21-20(23)19(24)15-6-2-1-3-7-15/h1-3,6-9,14H,4-5,10-13H2. The van der Waals surface area contributed by atoms with Gasteiger partial charge >= 0.3 is 0 Å². The SMILES string of the molecule is [O-][N+]1=C(c2ccccc2)C2=NCCN2c2cc(N3CCCC3)ccc21. The highest BCUT2D eigenvalue weighted by molar-refractivity contribution is 6.51. The van der Waals surface area contributed by atoms with Gasteiger partial charge in [0.2, 0.25) is 11.5 Å². The van der Waals surface area contributed by atoms with Crippen molar-refractivity contribution in [2.24, 2.45) is 4.99 Å². The first kappa shape index (κ1) is 14.5. The van der Waals surface area contributed by atoms with Crippen LogP contribution < -0.4 is 9.80 Å². The molecule has 3 aliphatic heterocycles. The number of rotatable bonds is 2. The molecular weight excluding hydrogens is 312 g/mol. The van der Waals surface area contributed by atoms with Crippen LogP contribution in [-0.2, 0) is 0 Å². The summed E-state index contributed by atoms with van der Waals surface area (Å²) in [4.78, 5) is 9.24. The topological polar surface area (TPSA) is 44.9 Å². The Morgan fingerprint density at radius 3 is 2.56 bits per heavy atom. The molecule has 0 aromatic heterocycles. The summed E-state index contributed by atoms with van der Waals surface area (Å²) in [6.45, 7) is 3.76. The Balaban J connectivity index is 1.67.